The first kappa shape index (κ1) is 22.3. The van der Waals surface area contributed by atoms with Gasteiger partial charge in [-0.15, -0.1) is 0 Å². The third-order valence-electron chi connectivity index (χ3n) is 5.27. The van der Waals surface area contributed by atoms with Crippen LogP contribution in [-0.4, -0.2) is 31.0 Å². The summed E-state index contributed by atoms with van der Waals surface area (Å²) in [6.07, 6.45) is 1.55. The van der Waals surface area contributed by atoms with Gasteiger partial charge in [-0.05, 0) is 44.5 Å². The van der Waals surface area contributed by atoms with E-state index in [-0.39, 0.29) is 28.2 Å². The highest BCUT2D eigenvalue weighted by Gasteiger charge is 2.21. The molecular weight excluding hydrogens is 446 g/mol. The molecule has 0 bridgehead atoms. The maximum atomic E-state index is 13.2. The van der Waals surface area contributed by atoms with Crippen molar-refractivity contribution in [3.8, 4) is 11.5 Å². The number of rotatable bonds is 5. The fourth-order valence-electron chi connectivity index (χ4n) is 3.69. The first-order chi connectivity index (χ1) is 15.7. The minimum Gasteiger partial charge on any atom is -0.453 e. The van der Waals surface area contributed by atoms with E-state index in [2.05, 4.69) is 25.7 Å². The minimum atomic E-state index is -0.346. The zero-order valence-electron chi connectivity index (χ0n) is 18.4. The van der Waals surface area contributed by atoms with Crippen LogP contribution in [0.1, 0.15) is 35.3 Å². The van der Waals surface area contributed by atoms with Crippen molar-refractivity contribution in [2.45, 2.75) is 26.8 Å². The van der Waals surface area contributed by atoms with Crippen molar-refractivity contribution < 1.29 is 9.62 Å². The first-order valence-electron chi connectivity index (χ1n) is 10.0. The van der Waals surface area contributed by atoms with E-state index in [9.17, 15) is 4.79 Å². The van der Waals surface area contributed by atoms with Gasteiger partial charge < -0.3 is 20.7 Å². The number of aromatic nitrogens is 4. The van der Waals surface area contributed by atoms with Gasteiger partial charge in [0, 0.05) is 18.2 Å². The summed E-state index contributed by atoms with van der Waals surface area (Å²) in [5.41, 5.74) is 9.34. The minimum absolute atomic E-state index is 0.139. The van der Waals surface area contributed by atoms with Gasteiger partial charge in [-0.25, -0.2) is 4.98 Å². The zero-order valence-corrected chi connectivity index (χ0v) is 19.2. The Kier molecular flexibility index (Phi) is 5.77. The summed E-state index contributed by atoms with van der Waals surface area (Å²) in [4.78, 5) is 18.8. The van der Waals surface area contributed by atoms with Gasteiger partial charge in [0.05, 0.1) is 23.3 Å². The highest BCUT2D eigenvalue weighted by Crippen LogP contribution is 2.32. The van der Waals surface area contributed by atoms with Gasteiger partial charge in [0.25, 0.3) is 0 Å². The molecule has 0 saturated carbocycles. The summed E-state index contributed by atoms with van der Waals surface area (Å²) in [6.45, 7) is 5.52. The van der Waals surface area contributed by atoms with E-state index in [0.29, 0.717) is 33.7 Å². The van der Waals surface area contributed by atoms with Crippen molar-refractivity contribution in [3.63, 3.8) is 0 Å². The number of hydrogen-bond donors (Lipinski definition) is 3. The van der Waals surface area contributed by atoms with Crippen molar-refractivity contribution in [3.05, 3.63) is 68.2 Å². The molecule has 0 aliphatic heterocycles. The standard InChI is InChI=1S/C22H22ClN7O3/c1-10-7-13(12(3)26-15-5-6-17(23)27-18(15)22(24)29-32)21-14(8-10)19(31)11(2)20(33-21)16-9-25-30(4)28-16/h5-9,12,26,32H,1-4H3,(H2,24,29). The number of pyridine rings is 1. The van der Waals surface area contributed by atoms with Crippen LogP contribution >= 0.6 is 11.6 Å². The quantitative estimate of drug-likeness (QED) is 0.133. The van der Waals surface area contributed by atoms with Crippen LogP contribution in [0.4, 0.5) is 5.69 Å². The molecular formula is C22H22ClN7O3. The van der Waals surface area contributed by atoms with E-state index < -0.39 is 0 Å². The Hall–Kier alpha value is -3.92. The molecule has 3 heterocycles. The molecule has 0 aliphatic carbocycles. The number of hydrogen-bond acceptors (Lipinski definition) is 8. The topological polar surface area (TPSA) is 144 Å². The highest BCUT2D eigenvalue weighted by molar-refractivity contribution is 6.29. The first-order valence-corrected chi connectivity index (χ1v) is 10.4. The lowest BCUT2D eigenvalue weighted by molar-refractivity contribution is 0.318. The number of oxime groups is 1. The predicted octanol–water partition coefficient (Wildman–Crippen LogP) is 3.52. The summed E-state index contributed by atoms with van der Waals surface area (Å²) < 4.78 is 6.25. The normalized spacial score (nSPS) is 12.8. The van der Waals surface area contributed by atoms with Crippen molar-refractivity contribution in [1.82, 2.24) is 20.0 Å². The molecule has 10 nitrogen and oxygen atoms in total. The number of nitrogens with zero attached hydrogens (tertiary/aromatic N) is 5. The molecule has 11 heteroatoms. The SMILES string of the molecule is Cc1cc(C(C)Nc2ccc(Cl)nc2C(N)=NO)c2oc(-c3cnn(C)n3)c(C)c(=O)c2c1. The van der Waals surface area contributed by atoms with Gasteiger partial charge in [-0.1, -0.05) is 22.8 Å². The van der Waals surface area contributed by atoms with Crippen molar-refractivity contribution >= 4 is 34.1 Å². The molecule has 1 aromatic carbocycles. The molecule has 0 spiro atoms. The van der Waals surface area contributed by atoms with Gasteiger partial charge in [-0.3, -0.25) is 4.79 Å². The average molecular weight is 468 g/mol. The number of nitrogens with two attached hydrogens (primary N) is 1. The third kappa shape index (κ3) is 4.12. The number of fused-ring (bicyclic) bond motifs is 1. The molecule has 1 unspecified atom stereocenters. The lowest BCUT2D eigenvalue weighted by Crippen LogP contribution is -2.19. The maximum absolute atomic E-state index is 13.2. The van der Waals surface area contributed by atoms with Crippen molar-refractivity contribution in [1.29, 1.82) is 0 Å². The van der Waals surface area contributed by atoms with E-state index in [0.717, 1.165) is 11.1 Å². The Morgan fingerprint density at radius 2 is 2.09 bits per heavy atom. The lowest BCUT2D eigenvalue weighted by atomic mass is 9.99. The van der Waals surface area contributed by atoms with Crippen LogP contribution in [0.15, 0.2) is 44.8 Å². The molecule has 0 radical (unpaired) electrons. The Labute approximate surface area is 193 Å². The van der Waals surface area contributed by atoms with E-state index in [4.69, 9.17) is 27.0 Å². The maximum Gasteiger partial charge on any atom is 0.196 e. The van der Waals surface area contributed by atoms with Crippen molar-refractivity contribution in [2.24, 2.45) is 17.9 Å². The summed E-state index contributed by atoms with van der Waals surface area (Å²) >= 11 is 5.99. The van der Waals surface area contributed by atoms with Crippen LogP contribution in [-0.2, 0) is 7.05 Å². The number of amidine groups is 1. The molecule has 0 fully saturated rings. The molecule has 0 aliphatic rings. The highest BCUT2D eigenvalue weighted by atomic mass is 35.5. The smallest absolute Gasteiger partial charge is 0.196 e. The van der Waals surface area contributed by atoms with Gasteiger partial charge in [0.2, 0.25) is 0 Å². The van der Waals surface area contributed by atoms with Crippen LogP contribution < -0.4 is 16.5 Å². The van der Waals surface area contributed by atoms with Crippen molar-refractivity contribution in [2.75, 3.05) is 5.32 Å². The zero-order chi connectivity index (χ0) is 23.9. The van der Waals surface area contributed by atoms with Crippen LogP contribution in [0.2, 0.25) is 5.15 Å². The lowest BCUT2D eigenvalue weighted by Gasteiger charge is -2.20. The molecule has 0 saturated heterocycles. The fourth-order valence-corrected chi connectivity index (χ4v) is 3.84. The fraction of sp³-hybridized carbons (Fsp3) is 0.227. The van der Waals surface area contributed by atoms with Gasteiger partial charge in [-0.2, -0.15) is 15.0 Å². The molecule has 33 heavy (non-hydrogen) atoms. The van der Waals surface area contributed by atoms with E-state index in [1.807, 2.05) is 19.9 Å². The Balaban J connectivity index is 1.88. The Bertz CT molecular complexity index is 1460. The van der Waals surface area contributed by atoms with Crippen LogP contribution in [0.3, 0.4) is 0 Å². The van der Waals surface area contributed by atoms with Gasteiger partial charge in [0.15, 0.2) is 17.0 Å². The second kappa shape index (κ2) is 8.55. The average Bonchev–Trinajstić information content (AvgIpc) is 3.22. The molecule has 4 rings (SSSR count). The van der Waals surface area contributed by atoms with E-state index in [1.54, 1.807) is 38.4 Å². The Morgan fingerprint density at radius 3 is 2.76 bits per heavy atom. The van der Waals surface area contributed by atoms with E-state index in [1.165, 1.54) is 4.80 Å². The second-order valence-corrected chi connectivity index (χ2v) is 8.10. The largest absolute Gasteiger partial charge is 0.453 e. The number of aryl methyl sites for hydroxylation is 2. The van der Waals surface area contributed by atoms with Gasteiger partial charge >= 0.3 is 0 Å². The number of halogens is 1. The molecule has 0 amide bonds. The monoisotopic (exact) mass is 467 g/mol. The summed E-state index contributed by atoms with van der Waals surface area (Å²) in [5, 5.41) is 24.5. The third-order valence-corrected chi connectivity index (χ3v) is 5.48. The van der Waals surface area contributed by atoms with E-state index >= 15 is 0 Å². The second-order valence-electron chi connectivity index (χ2n) is 7.72. The van der Waals surface area contributed by atoms with Gasteiger partial charge in [0.1, 0.15) is 22.1 Å². The molecule has 4 N–H and O–H groups in total. The molecule has 1 atom stereocenters. The molecule has 4 aromatic rings. The predicted molar refractivity (Wildman–Crippen MR) is 126 cm³/mol. The van der Waals surface area contributed by atoms with Crippen LogP contribution in [0.5, 0.6) is 0 Å². The number of nitrogens with one attached hydrogen (secondary N) is 1. The number of benzene rings is 1. The van der Waals surface area contributed by atoms with Crippen LogP contribution in [0.25, 0.3) is 22.4 Å². The molecule has 3 aromatic heterocycles. The number of anilines is 1. The summed E-state index contributed by atoms with van der Waals surface area (Å²) in [5.74, 6) is 0.178. The van der Waals surface area contributed by atoms with Crippen LogP contribution in [0, 0.1) is 13.8 Å². The summed E-state index contributed by atoms with van der Waals surface area (Å²) in [7, 11) is 1.69. The summed E-state index contributed by atoms with van der Waals surface area (Å²) in [6, 6.07) is 6.67. The molecule has 170 valence electrons. The Morgan fingerprint density at radius 1 is 1.33 bits per heavy atom.